The molecule has 74 valence electrons. The Morgan fingerprint density at radius 1 is 1.36 bits per heavy atom. The molecule has 0 aliphatic carbocycles. The van der Waals surface area contributed by atoms with Crippen LogP contribution in [0.3, 0.4) is 0 Å². The molecule has 0 fully saturated rings. The Morgan fingerprint density at radius 3 is 2.71 bits per heavy atom. The second-order valence-corrected chi connectivity index (χ2v) is 5.69. The van der Waals surface area contributed by atoms with Crippen molar-refractivity contribution in [3.8, 4) is 0 Å². The number of fused-ring (bicyclic) bond motifs is 1. The van der Waals surface area contributed by atoms with Gasteiger partial charge in [0.2, 0.25) is 0 Å². The van der Waals surface area contributed by atoms with Gasteiger partial charge in [-0.1, -0.05) is 32.4 Å². The second kappa shape index (κ2) is 3.21. The van der Waals surface area contributed by atoms with Gasteiger partial charge in [0.05, 0.1) is 10.2 Å². The number of nitrogens with zero attached hydrogens (tertiary/aromatic N) is 1. The molecule has 0 aliphatic heterocycles. The van der Waals surface area contributed by atoms with Crippen LogP contribution in [0.25, 0.3) is 10.2 Å². The lowest BCUT2D eigenvalue weighted by atomic mass is 9.88. The molecule has 0 saturated carbocycles. The normalized spacial score (nSPS) is 12.3. The molecule has 0 spiro atoms. The van der Waals surface area contributed by atoms with Crippen molar-refractivity contribution in [3.63, 3.8) is 0 Å². The van der Waals surface area contributed by atoms with Crippen molar-refractivity contribution < 1.29 is 0 Å². The number of pyridine rings is 1. The molecule has 0 saturated heterocycles. The molecule has 0 aliphatic rings. The van der Waals surface area contributed by atoms with Gasteiger partial charge >= 0.3 is 0 Å². The molecular weight excluding hydrogens is 214 g/mol. The van der Waals surface area contributed by atoms with Crippen molar-refractivity contribution in [2.24, 2.45) is 0 Å². The smallest absolute Gasteiger partial charge is 0.133 e. The summed E-state index contributed by atoms with van der Waals surface area (Å²) in [5.41, 5.74) is 2.17. The van der Waals surface area contributed by atoms with Gasteiger partial charge in [-0.05, 0) is 28.5 Å². The summed E-state index contributed by atoms with van der Waals surface area (Å²) in [6, 6.07) is 4.15. The van der Waals surface area contributed by atoms with Crippen LogP contribution in [-0.2, 0) is 5.41 Å². The maximum Gasteiger partial charge on any atom is 0.133 e. The standard InChI is InChI=1S/C11H12ClNS/c1-11(2,3)7-6-9-8(4-5-14-9)13-10(7)12/h4-6H,1-3H3. The predicted molar refractivity (Wildman–Crippen MR) is 63.3 cm³/mol. The van der Waals surface area contributed by atoms with Crippen LogP contribution < -0.4 is 0 Å². The molecule has 0 N–H and O–H groups in total. The maximum absolute atomic E-state index is 6.14. The Hall–Kier alpha value is -0.600. The largest absolute Gasteiger partial charge is 0.235 e. The van der Waals surface area contributed by atoms with Crippen LogP contribution in [0, 0.1) is 0 Å². The topological polar surface area (TPSA) is 12.9 Å². The maximum atomic E-state index is 6.14. The molecule has 14 heavy (non-hydrogen) atoms. The van der Waals surface area contributed by atoms with E-state index in [4.69, 9.17) is 11.6 Å². The van der Waals surface area contributed by atoms with Gasteiger partial charge in [-0.3, -0.25) is 0 Å². The first-order chi connectivity index (χ1) is 6.48. The summed E-state index contributed by atoms with van der Waals surface area (Å²) in [5.74, 6) is 0. The molecule has 2 aromatic rings. The van der Waals surface area contributed by atoms with Gasteiger partial charge in [-0.25, -0.2) is 4.98 Å². The summed E-state index contributed by atoms with van der Waals surface area (Å²) in [7, 11) is 0. The zero-order valence-corrected chi connectivity index (χ0v) is 10.0. The number of rotatable bonds is 0. The summed E-state index contributed by atoms with van der Waals surface area (Å²) in [6.45, 7) is 6.44. The van der Waals surface area contributed by atoms with E-state index < -0.39 is 0 Å². The number of hydrogen-bond donors (Lipinski definition) is 0. The highest BCUT2D eigenvalue weighted by atomic mass is 35.5. The summed E-state index contributed by atoms with van der Waals surface area (Å²) >= 11 is 7.84. The van der Waals surface area contributed by atoms with Crippen LogP contribution in [0.5, 0.6) is 0 Å². The van der Waals surface area contributed by atoms with Crippen LogP contribution in [0.2, 0.25) is 5.15 Å². The molecule has 1 nitrogen and oxygen atoms in total. The average molecular weight is 226 g/mol. The molecule has 0 bridgehead atoms. The molecule has 2 heterocycles. The van der Waals surface area contributed by atoms with E-state index >= 15 is 0 Å². The van der Waals surface area contributed by atoms with E-state index in [2.05, 4.69) is 31.8 Å². The molecular formula is C11H12ClNS. The van der Waals surface area contributed by atoms with E-state index in [1.54, 1.807) is 11.3 Å². The fourth-order valence-corrected chi connectivity index (χ4v) is 2.59. The van der Waals surface area contributed by atoms with E-state index in [0.717, 1.165) is 11.1 Å². The second-order valence-electron chi connectivity index (χ2n) is 4.38. The van der Waals surface area contributed by atoms with Crippen molar-refractivity contribution in [3.05, 3.63) is 28.2 Å². The van der Waals surface area contributed by atoms with Gasteiger partial charge in [0.1, 0.15) is 5.15 Å². The zero-order chi connectivity index (χ0) is 10.3. The first-order valence-electron chi connectivity index (χ1n) is 4.53. The fraction of sp³-hybridized carbons (Fsp3) is 0.364. The molecule has 3 heteroatoms. The summed E-state index contributed by atoms with van der Waals surface area (Å²) in [5, 5.41) is 2.67. The lowest BCUT2D eigenvalue weighted by Gasteiger charge is -2.19. The Labute approximate surface area is 92.7 Å². The number of halogens is 1. The number of hydrogen-bond acceptors (Lipinski definition) is 2. The highest BCUT2D eigenvalue weighted by Gasteiger charge is 2.19. The van der Waals surface area contributed by atoms with Crippen molar-refractivity contribution in [2.75, 3.05) is 0 Å². The van der Waals surface area contributed by atoms with E-state index in [9.17, 15) is 0 Å². The van der Waals surface area contributed by atoms with Gasteiger partial charge in [-0.15, -0.1) is 11.3 Å². The molecule has 0 unspecified atom stereocenters. The van der Waals surface area contributed by atoms with Crippen LogP contribution in [0.15, 0.2) is 17.5 Å². The minimum absolute atomic E-state index is 0.0578. The molecule has 0 amide bonds. The Morgan fingerprint density at radius 2 is 2.07 bits per heavy atom. The van der Waals surface area contributed by atoms with Gasteiger partial charge < -0.3 is 0 Å². The number of aromatic nitrogens is 1. The Balaban J connectivity index is 2.71. The SMILES string of the molecule is CC(C)(C)c1cc2sccc2nc1Cl. The number of thiophene rings is 1. The first kappa shape index (κ1) is 9.94. The first-order valence-corrected chi connectivity index (χ1v) is 5.78. The molecule has 2 rings (SSSR count). The predicted octanol–water partition coefficient (Wildman–Crippen LogP) is 4.25. The molecule has 0 atom stereocenters. The van der Waals surface area contributed by atoms with Crippen molar-refractivity contribution in [1.29, 1.82) is 0 Å². The Kier molecular flexibility index (Phi) is 2.28. The van der Waals surface area contributed by atoms with E-state index in [1.165, 1.54) is 4.70 Å². The average Bonchev–Trinajstić information content (AvgIpc) is 2.47. The van der Waals surface area contributed by atoms with Gasteiger partial charge in [0, 0.05) is 0 Å². The van der Waals surface area contributed by atoms with Gasteiger partial charge in [0.25, 0.3) is 0 Å². The zero-order valence-electron chi connectivity index (χ0n) is 8.47. The van der Waals surface area contributed by atoms with Crippen LogP contribution in [0.4, 0.5) is 0 Å². The highest BCUT2D eigenvalue weighted by Crippen LogP contribution is 2.32. The fourth-order valence-electron chi connectivity index (χ4n) is 1.40. The van der Waals surface area contributed by atoms with Gasteiger partial charge in [-0.2, -0.15) is 0 Å². The third-order valence-electron chi connectivity index (χ3n) is 2.20. The Bertz CT molecular complexity index is 468. The summed E-state index contributed by atoms with van der Waals surface area (Å²) in [4.78, 5) is 4.38. The van der Waals surface area contributed by atoms with E-state index in [-0.39, 0.29) is 5.41 Å². The van der Waals surface area contributed by atoms with Crippen LogP contribution in [0.1, 0.15) is 26.3 Å². The molecule has 0 aromatic carbocycles. The summed E-state index contributed by atoms with van der Waals surface area (Å²) in [6.07, 6.45) is 0. The highest BCUT2D eigenvalue weighted by molar-refractivity contribution is 7.17. The lowest BCUT2D eigenvalue weighted by molar-refractivity contribution is 0.589. The third-order valence-corrected chi connectivity index (χ3v) is 3.34. The minimum Gasteiger partial charge on any atom is -0.235 e. The molecule has 2 aromatic heterocycles. The van der Waals surface area contributed by atoms with Crippen molar-refractivity contribution >= 4 is 33.2 Å². The molecule has 0 radical (unpaired) electrons. The van der Waals surface area contributed by atoms with Crippen molar-refractivity contribution in [1.82, 2.24) is 4.98 Å². The van der Waals surface area contributed by atoms with Gasteiger partial charge in [0.15, 0.2) is 0 Å². The third kappa shape index (κ3) is 1.64. The van der Waals surface area contributed by atoms with E-state index in [0.29, 0.717) is 5.15 Å². The minimum atomic E-state index is 0.0578. The quantitative estimate of drug-likeness (QED) is 0.611. The summed E-state index contributed by atoms with van der Waals surface area (Å²) < 4.78 is 1.21. The van der Waals surface area contributed by atoms with Crippen LogP contribution in [-0.4, -0.2) is 4.98 Å². The van der Waals surface area contributed by atoms with Crippen molar-refractivity contribution in [2.45, 2.75) is 26.2 Å². The van der Waals surface area contributed by atoms with Crippen LogP contribution >= 0.6 is 22.9 Å². The monoisotopic (exact) mass is 225 g/mol. The van der Waals surface area contributed by atoms with E-state index in [1.807, 2.05) is 11.4 Å². The lowest BCUT2D eigenvalue weighted by Crippen LogP contribution is -2.12.